The van der Waals surface area contributed by atoms with Gasteiger partial charge in [0.2, 0.25) is 0 Å². The fourth-order valence-electron chi connectivity index (χ4n) is 2.50. The molecule has 0 aliphatic heterocycles. The van der Waals surface area contributed by atoms with Gasteiger partial charge in [-0.05, 0) is 19.3 Å². The van der Waals surface area contributed by atoms with E-state index < -0.39 is 0 Å². The SMILES string of the molecule is [CH](CCCCCCn1ccnc1)CCCCn1ccnc1. The molecule has 0 aromatic carbocycles. The molecule has 0 spiro atoms. The fraction of sp³-hybridized carbons (Fsp3) is 0.588. The Morgan fingerprint density at radius 3 is 1.76 bits per heavy atom. The maximum Gasteiger partial charge on any atom is 0.0945 e. The normalized spacial score (nSPS) is 11.0. The van der Waals surface area contributed by atoms with E-state index in [0.29, 0.717) is 0 Å². The van der Waals surface area contributed by atoms with Crippen LogP contribution in [0.3, 0.4) is 0 Å². The zero-order chi connectivity index (χ0) is 14.6. The number of aryl methyl sites for hydroxylation is 2. The molecular weight excluding hydrogens is 260 g/mol. The van der Waals surface area contributed by atoms with Gasteiger partial charge in [-0.15, -0.1) is 0 Å². The number of rotatable bonds is 12. The van der Waals surface area contributed by atoms with Crippen LogP contribution in [0.5, 0.6) is 0 Å². The molecule has 0 aliphatic carbocycles. The van der Waals surface area contributed by atoms with Crippen molar-refractivity contribution in [2.75, 3.05) is 0 Å². The standard InChI is InChI=1S/C17H27N4/c1(2-4-6-8-12-20-14-10-18-16-20)3-5-7-9-13-21-15-11-19-17-21/h2,10-11,14-17H,1,3-9,12-13H2. The molecule has 0 unspecified atom stereocenters. The second-order valence-corrected chi connectivity index (χ2v) is 5.59. The third kappa shape index (κ3) is 7.11. The van der Waals surface area contributed by atoms with Crippen LogP contribution in [-0.4, -0.2) is 19.1 Å². The summed E-state index contributed by atoms with van der Waals surface area (Å²) in [6, 6.07) is 0. The van der Waals surface area contributed by atoms with Gasteiger partial charge in [0.15, 0.2) is 0 Å². The maximum absolute atomic E-state index is 4.06. The molecule has 2 aromatic heterocycles. The minimum atomic E-state index is 1.10. The van der Waals surface area contributed by atoms with Crippen molar-refractivity contribution in [1.29, 1.82) is 0 Å². The molecule has 4 nitrogen and oxygen atoms in total. The van der Waals surface area contributed by atoms with Gasteiger partial charge in [-0.25, -0.2) is 9.97 Å². The predicted molar refractivity (Wildman–Crippen MR) is 85.7 cm³/mol. The molecule has 0 fully saturated rings. The third-order valence-corrected chi connectivity index (χ3v) is 3.77. The summed E-state index contributed by atoms with van der Waals surface area (Å²) in [5, 5.41) is 0. The van der Waals surface area contributed by atoms with E-state index in [4.69, 9.17) is 0 Å². The highest BCUT2D eigenvalue weighted by Crippen LogP contribution is 2.10. The van der Waals surface area contributed by atoms with Gasteiger partial charge < -0.3 is 9.13 Å². The Morgan fingerprint density at radius 1 is 0.667 bits per heavy atom. The molecule has 0 saturated heterocycles. The average Bonchev–Trinajstić information content (AvgIpc) is 3.18. The van der Waals surface area contributed by atoms with Gasteiger partial charge in [0.1, 0.15) is 0 Å². The van der Waals surface area contributed by atoms with Crippen LogP contribution in [0.25, 0.3) is 0 Å². The van der Waals surface area contributed by atoms with Crippen LogP contribution in [0, 0.1) is 6.42 Å². The summed E-state index contributed by atoms with van der Waals surface area (Å²) in [5.74, 6) is 0. The highest BCUT2D eigenvalue weighted by Gasteiger charge is 1.95. The summed E-state index contributed by atoms with van der Waals surface area (Å²) in [6.45, 7) is 2.21. The van der Waals surface area contributed by atoms with E-state index >= 15 is 0 Å². The molecule has 2 rings (SSSR count). The second-order valence-electron chi connectivity index (χ2n) is 5.59. The summed E-state index contributed by atoms with van der Waals surface area (Å²) < 4.78 is 4.31. The van der Waals surface area contributed by atoms with Crippen molar-refractivity contribution >= 4 is 0 Å². The highest BCUT2D eigenvalue weighted by molar-refractivity contribution is 4.74. The van der Waals surface area contributed by atoms with E-state index in [0.717, 1.165) is 13.1 Å². The average molecular weight is 287 g/mol. The van der Waals surface area contributed by atoms with E-state index in [1.165, 1.54) is 51.4 Å². The first-order chi connectivity index (χ1) is 10.4. The molecule has 0 aliphatic rings. The number of hydrogen-bond donors (Lipinski definition) is 0. The van der Waals surface area contributed by atoms with Gasteiger partial charge in [-0.3, -0.25) is 0 Å². The smallest absolute Gasteiger partial charge is 0.0945 e. The summed E-state index contributed by atoms with van der Waals surface area (Å²) in [4.78, 5) is 8.11. The summed E-state index contributed by atoms with van der Waals surface area (Å²) >= 11 is 0. The van der Waals surface area contributed by atoms with Gasteiger partial charge >= 0.3 is 0 Å². The maximum atomic E-state index is 4.06. The monoisotopic (exact) mass is 287 g/mol. The lowest BCUT2D eigenvalue weighted by Gasteiger charge is -2.04. The molecule has 115 valence electrons. The zero-order valence-electron chi connectivity index (χ0n) is 12.9. The van der Waals surface area contributed by atoms with Crippen molar-refractivity contribution in [2.45, 2.75) is 64.5 Å². The number of hydrogen-bond acceptors (Lipinski definition) is 2. The summed E-state index contributed by atoms with van der Waals surface area (Å²) in [5.41, 5.74) is 0. The molecule has 1 radical (unpaired) electrons. The van der Waals surface area contributed by atoms with Crippen molar-refractivity contribution in [3.8, 4) is 0 Å². The van der Waals surface area contributed by atoms with Crippen LogP contribution < -0.4 is 0 Å². The van der Waals surface area contributed by atoms with Gasteiger partial charge in [0, 0.05) is 37.9 Å². The van der Waals surface area contributed by atoms with E-state index in [-0.39, 0.29) is 0 Å². The molecule has 0 atom stereocenters. The van der Waals surface area contributed by atoms with Crippen molar-refractivity contribution in [2.24, 2.45) is 0 Å². The summed E-state index contributed by atoms with van der Waals surface area (Å²) in [6.07, 6.45) is 24.4. The van der Waals surface area contributed by atoms with Crippen molar-refractivity contribution < 1.29 is 0 Å². The minimum Gasteiger partial charge on any atom is -0.337 e. The fourth-order valence-corrected chi connectivity index (χ4v) is 2.50. The lowest BCUT2D eigenvalue weighted by molar-refractivity contribution is 0.560. The largest absolute Gasteiger partial charge is 0.337 e. The summed E-state index contributed by atoms with van der Waals surface area (Å²) in [7, 11) is 0. The Labute approximate surface area is 128 Å². The van der Waals surface area contributed by atoms with Crippen molar-refractivity contribution in [1.82, 2.24) is 19.1 Å². The molecule has 2 heterocycles. The molecule has 0 amide bonds. The topological polar surface area (TPSA) is 35.6 Å². The highest BCUT2D eigenvalue weighted by atomic mass is 15.0. The number of nitrogens with zero attached hydrogens (tertiary/aromatic N) is 4. The predicted octanol–water partition coefficient (Wildman–Crippen LogP) is 4.10. The number of imidazole rings is 2. The van der Waals surface area contributed by atoms with E-state index in [1.54, 1.807) is 0 Å². The molecular formula is C17H27N4. The van der Waals surface area contributed by atoms with Gasteiger partial charge in [-0.1, -0.05) is 38.5 Å². The molecule has 2 aromatic rings. The first-order valence-electron chi connectivity index (χ1n) is 8.18. The Kier molecular flexibility index (Phi) is 7.67. The minimum absolute atomic E-state index is 1.10. The lowest BCUT2D eigenvalue weighted by Crippen LogP contribution is -1.94. The molecule has 0 saturated carbocycles. The van der Waals surface area contributed by atoms with E-state index in [2.05, 4.69) is 25.5 Å². The molecule has 4 heteroatoms. The second kappa shape index (κ2) is 10.2. The van der Waals surface area contributed by atoms with Gasteiger partial charge in [0.05, 0.1) is 12.7 Å². The van der Waals surface area contributed by atoms with Gasteiger partial charge in [0.25, 0.3) is 0 Å². The quantitative estimate of drug-likeness (QED) is 0.551. The van der Waals surface area contributed by atoms with Crippen LogP contribution in [0.4, 0.5) is 0 Å². The Hall–Kier alpha value is -1.58. The Bertz CT molecular complexity index is 391. The molecule has 21 heavy (non-hydrogen) atoms. The number of aromatic nitrogens is 4. The van der Waals surface area contributed by atoms with Crippen LogP contribution in [0.1, 0.15) is 51.4 Å². The third-order valence-electron chi connectivity index (χ3n) is 3.77. The van der Waals surface area contributed by atoms with Crippen LogP contribution in [0.15, 0.2) is 37.4 Å². The van der Waals surface area contributed by atoms with Crippen LogP contribution >= 0.6 is 0 Å². The number of unbranched alkanes of at least 4 members (excludes halogenated alkanes) is 8. The molecule has 0 N–H and O–H groups in total. The molecule has 0 bridgehead atoms. The first-order valence-corrected chi connectivity index (χ1v) is 8.18. The van der Waals surface area contributed by atoms with Gasteiger partial charge in [-0.2, -0.15) is 0 Å². The van der Waals surface area contributed by atoms with E-state index in [9.17, 15) is 0 Å². The Balaban J connectivity index is 1.31. The first kappa shape index (κ1) is 15.8. The Morgan fingerprint density at radius 2 is 1.19 bits per heavy atom. The lowest BCUT2D eigenvalue weighted by atomic mass is 10.1. The van der Waals surface area contributed by atoms with E-state index in [1.807, 2.05) is 37.4 Å². The zero-order valence-corrected chi connectivity index (χ0v) is 12.9. The van der Waals surface area contributed by atoms with Crippen molar-refractivity contribution in [3.05, 3.63) is 43.9 Å². The van der Waals surface area contributed by atoms with Crippen LogP contribution in [0.2, 0.25) is 0 Å². The van der Waals surface area contributed by atoms with Crippen molar-refractivity contribution in [3.63, 3.8) is 0 Å². The van der Waals surface area contributed by atoms with Crippen LogP contribution in [-0.2, 0) is 13.1 Å².